The fourth-order valence-electron chi connectivity index (χ4n) is 2.46. The standard InChI is InChI=1S/C16H23N3O/c1-10(2)19-16(14(20-5)9-18-19)15(17)13-8-11(3)6-7-12(13)4/h6-10,15H,17H2,1-5H3. The first-order chi connectivity index (χ1) is 9.45. The zero-order valence-corrected chi connectivity index (χ0v) is 12.8. The van der Waals surface area contributed by atoms with E-state index in [2.05, 4.69) is 51.0 Å². The molecule has 1 atom stereocenters. The highest BCUT2D eigenvalue weighted by atomic mass is 16.5. The second kappa shape index (κ2) is 5.67. The minimum atomic E-state index is -0.241. The lowest BCUT2D eigenvalue weighted by Crippen LogP contribution is -2.20. The summed E-state index contributed by atoms with van der Waals surface area (Å²) in [5.41, 5.74) is 10.9. The molecule has 0 radical (unpaired) electrons. The zero-order chi connectivity index (χ0) is 14.9. The molecule has 1 unspecified atom stereocenters. The van der Waals surface area contributed by atoms with Crippen molar-refractivity contribution in [2.24, 2.45) is 5.73 Å². The normalized spacial score (nSPS) is 12.8. The van der Waals surface area contributed by atoms with Crippen LogP contribution < -0.4 is 10.5 Å². The lowest BCUT2D eigenvalue weighted by atomic mass is 9.97. The van der Waals surface area contributed by atoms with E-state index in [1.54, 1.807) is 13.3 Å². The summed E-state index contributed by atoms with van der Waals surface area (Å²) in [4.78, 5) is 0. The molecule has 2 aromatic rings. The van der Waals surface area contributed by atoms with Crippen molar-refractivity contribution in [3.8, 4) is 5.75 Å². The Labute approximate surface area is 120 Å². The second-order valence-electron chi connectivity index (χ2n) is 5.47. The Balaban J connectivity index is 2.55. The maximum Gasteiger partial charge on any atom is 0.161 e. The topological polar surface area (TPSA) is 53.1 Å². The SMILES string of the molecule is COc1cnn(C(C)C)c1C(N)c1cc(C)ccc1C. The third-order valence-corrected chi connectivity index (χ3v) is 3.57. The Kier molecular flexibility index (Phi) is 4.14. The number of ether oxygens (including phenoxy) is 1. The van der Waals surface area contributed by atoms with Crippen LogP contribution in [0.15, 0.2) is 24.4 Å². The summed E-state index contributed by atoms with van der Waals surface area (Å²) in [6, 6.07) is 6.34. The predicted molar refractivity (Wildman–Crippen MR) is 81.1 cm³/mol. The molecule has 0 aliphatic carbocycles. The lowest BCUT2D eigenvalue weighted by Gasteiger charge is -2.20. The molecular weight excluding hydrogens is 250 g/mol. The van der Waals surface area contributed by atoms with E-state index in [-0.39, 0.29) is 12.1 Å². The van der Waals surface area contributed by atoms with E-state index < -0.39 is 0 Å². The van der Waals surface area contributed by atoms with E-state index in [1.807, 2.05) is 4.68 Å². The van der Waals surface area contributed by atoms with Gasteiger partial charge >= 0.3 is 0 Å². The van der Waals surface area contributed by atoms with Gasteiger partial charge in [0.05, 0.1) is 19.3 Å². The van der Waals surface area contributed by atoms with Crippen LogP contribution in [0.25, 0.3) is 0 Å². The molecule has 0 aliphatic heterocycles. The molecule has 1 aromatic heterocycles. The molecule has 108 valence electrons. The van der Waals surface area contributed by atoms with Crippen LogP contribution in [-0.4, -0.2) is 16.9 Å². The largest absolute Gasteiger partial charge is 0.493 e. The molecule has 0 bridgehead atoms. The van der Waals surface area contributed by atoms with Gasteiger partial charge in [-0.3, -0.25) is 4.68 Å². The fourth-order valence-corrected chi connectivity index (χ4v) is 2.46. The molecule has 0 fully saturated rings. The number of nitrogens with two attached hydrogens (primary N) is 1. The van der Waals surface area contributed by atoms with Crippen molar-refractivity contribution in [3.05, 3.63) is 46.8 Å². The van der Waals surface area contributed by atoms with Crippen molar-refractivity contribution in [1.29, 1.82) is 0 Å². The van der Waals surface area contributed by atoms with E-state index in [9.17, 15) is 0 Å². The van der Waals surface area contributed by atoms with Crippen LogP contribution in [0.2, 0.25) is 0 Å². The van der Waals surface area contributed by atoms with E-state index >= 15 is 0 Å². The number of aryl methyl sites for hydroxylation is 2. The average molecular weight is 273 g/mol. The molecule has 20 heavy (non-hydrogen) atoms. The molecule has 0 saturated carbocycles. The Morgan fingerprint density at radius 1 is 1.25 bits per heavy atom. The number of hydrogen-bond acceptors (Lipinski definition) is 3. The number of nitrogens with zero attached hydrogens (tertiary/aromatic N) is 2. The van der Waals surface area contributed by atoms with Crippen LogP contribution >= 0.6 is 0 Å². The summed E-state index contributed by atoms with van der Waals surface area (Å²) in [5, 5.41) is 4.40. The third kappa shape index (κ3) is 2.56. The molecule has 0 saturated heterocycles. The number of aromatic nitrogens is 2. The van der Waals surface area contributed by atoms with Gasteiger partial charge in [-0.1, -0.05) is 23.8 Å². The van der Waals surface area contributed by atoms with Gasteiger partial charge in [0.1, 0.15) is 5.69 Å². The number of rotatable bonds is 4. The van der Waals surface area contributed by atoms with Gasteiger partial charge in [0.2, 0.25) is 0 Å². The molecule has 2 N–H and O–H groups in total. The molecule has 0 amide bonds. The van der Waals surface area contributed by atoms with Gasteiger partial charge in [-0.05, 0) is 38.8 Å². The molecule has 1 aromatic carbocycles. The van der Waals surface area contributed by atoms with Crippen LogP contribution in [0.1, 0.15) is 48.3 Å². The van der Waals surface area contributed by atoms with Gasteiger partial charge in [-0.25, -0.2) is 0 Å². The van der Waals surface area contributed by atoms with Crippen molar-refractivity contribution in [1.82, 2.24) is 9.78 Å². The third-order valence-electron chi connectivity index (χ3n) is 3.57. The maximum atomic E-state index is 6.50. The van der Waals surface area contributed by atoms with Crippen molar-refractivity contribution >= 4 is 0 Å². The first-order valence-electron chi connectivity index (χ1n) is 6.89. The van der Waals surface area contributed by atoms with Crippen molar-refractivity contribution in [2.75, 3.05) is 7.11 Å². The highest BCUT2D eigenvalue weighted by molar-refractivity contribution is 5.41. The van der Waals surface area contributed by atoms with Gasteiger partial charge in [0.25, 0.3) is 0 Å². The van der Waals surface area contributed by atoms with Crippen molar-refractivity contribution in [2.45, 2.75) is 39.8 Å². The summed E-state index contributed by atoms with van der Waals surface area (Å²) in [7, 11) is 1.65. The van der Waals surface area contributed by atoms with Gasteiger partial charge in [-0.2, -0.15) is 5.10 Å². The molecule has 4 nitrogen and oxygen atoms in total. The molecule has 2 rings (SSSR count). The Morgan fingerprint density at radius 2 is 1.95 bits per heavy atom. The molecule has 1 heterocycles. The van der Waals surface area contributed by atoms with E-state index in [1.165, 1.54) is 11.1 Å². The summed E-state index contributed by atoms with van der Waals surface area (Å²) >= 11 is 0. The number of methoxy groups -OCH3 is 1. The number of hydrogen-bond donors (Lipinski definition) is 1. The minimum absolute atomic E-state index is 0.241. The summed E-state index contributed by atoms with van der Waals surface area (Å²) in [6.45, 7) is 8.33. The molecule has 0 spiro atoms. The Bertz CT molecular complexity index is 602. The molecule has 4 heteroatoms. The quantitative estimate of drug-likeness (QED) is 0.931. The van der Waals surface area contributed by atoms with E-state index in [0.29, 0.717) is 0 Å². The van der Waals surface area contributed by atoms with Gasteiger partial charge in [-0.15, -0.1) is 0 Å². The maximum absolute atomic E-state index is 6.50. The van der Waals surface area contributed by atoms with Gasteiger partial charge in [0.15, 0.2) is 5.75 Å². The van der Waals surface area contributed by atoms with Gasteiger partial charge < -0.3 is 10.5 Å². The molecule has 0 aliphatic rings. The van der Waals surface area contributed by atoms with Crippen LogP contribution in [0.5, 0.6) is 5.75 Å². The van der Waals surface area contributed by atoms with Crippen molar-refractivity contribution in [3.63, 3.8) is 0 Å². The fraction of sp³-hybridized carbons (Fsp3) is 0.438. The lowest BCUT2D eigenvalue weighted by molar-refractivity contribution is 0.401. The van der Waals surface area contributed by atoms with Crippen LogP contribution in [0, 0.1) is 13.8 Å². The Hall–Kier alpha value is -1.81. The van der Waals surface area contributed by atoms with Crippen molar-refractivity contribution < 1.29 is 4.74 Å². The predicted octanol–water partition coefficient (Wildman–Crippen LogP) is 3.14. The first-order valence-corrected chi connectivity index (χ1v) is 6.89. The van der Waals surface area contributed by atoms with Crippen LogP contribution in [-0.2, 0) is 0 Å². The van der Waals surface area contributed by atoms with Crippen LogP contribution in [0.3, 0.4) is 0 Å². The molecular formula is C16H23N3O. The monoisotopic (exact) mass is 273 g/mol. The number of benzene rings is 1. The van der Waals surface area contributed by atoms with Gasteiger partial charge in [0, 0.05) is 6.04 Å². The summed E-state index contributed by atoms with van der Waals surface area (Å²) < 4.78 is 7.36. The Morgan fingerprint density at radius 3 is 2.55 bits per heavy atom. The minimum Gasteiger partial charge on any atom is -0.493 e. The highest BCUT2D eigenvalue weighted by Crippen LogP contribution is 2.31. The summed E-state index contributed by atoms with van der Waals surface area (Å²) in [6.07, 6.45) is 1.74. The second-order valence-corrected chi connectivity index (χ2v) is 5.47. The smallest absolute Gasteiger partial charge is 0.161 e. The highest BCUT2D eigenvalue weighted by Gasteiger charge is 2.22. The summed E-state index contributed by atoms with van der Waals surface area (Å²) in [5.74, 6) is 0.743. The van der Waals surface area contributed by atoms with E-state index in [0.717, 1.165) is 17.0 Å². The average Bonchev–Trinajstić information content (AvgIpc) is 2.84. The van der Waals surface area contributed by atoms with Crippen LogP contribution in [0.4, 0.5) is 0 Å². The zero-order valence-electron chi connectivity index (χ0n) is 12.8. The first kappa shape index (κ1) is 14.6. The van der Waals surface area contributed by atoms with E-state index in [4.69, 9.17) is 10.5 Å².